The maximum atomic E-state index is 12.0. The molecule has 1 fully saturated rings. The second-order valence-electron chi connectivity index (χ2n) is 8.66. The molecule has 0 aliphatic carbocycles. The SMILES string of the molecule is CC(C)c1ccccc1Nc1cc(Nc2ccc(N3CCN(C)CC3)cn2)ncc1C(N)=O. The summed E-state index contributed by atoms with van der Waals surface area (Å²) >= 11 is 0. The van der Waals surface area contributed by atoms with Crippen molar-refractivity contribution in [2.24, 2.45) is 5.73 Å². The number of nitrogens with one attached hydrogen (secondary N) is 2. The van der Waals surface area contributed by atoms with Crippen molar-refractivity contribution in [3.8, 4) is 0 Å². The molecule has 1 aliphatic rings. The van der Waals surface area contributed by atoms with Crippen LogP contribution >= 0.6 is 0 Å². The predicted octanol–water partition coefficient (Wildman–Crippen LogP) is 3.94. The van der Waals surface area contributed by atoms with E-state index in [0.717, 1.165) is 43.1 Å². The molecule has 8 heteroatoms. The topological polar surface area (TPSA) is 99.4 Å². The Labute approximate surface area is 194 Å². The monoisotopic (exact) mass is 445 g/mol. The third-order valence-corrected chi connectivity index (χ3v) is 5.89. The lowest BCUT2D eigenvalue weighted by Gasteiger charge is -2.33. The van der Waals surface area contributed by atoms with Crippen LogP contribution in [0.25, 0.3) is 0 Å². The molecule has 0 bridgehead atoms. The van der Waals surface area contributed by atoms with Crippen LogP contribution in [0.4, 0.5) is 28.7 Å². The number of nitrogens with two attached hydrogens (primary N) is 1. The molecular formula is C25H31N7O. The number of anilines is 5. The maximum absolute atomic E-state index is 12.0. The first kappa shape index (κ1) is 22.5. The minimum atomic E-state index is -0.534. The molecule has 33 heavy (non-hydrogen) atoms. The molecular weight excluding hydrogens is 414 g/mol. The fraction of sp³-hybridized carbons (Fsp3) is 0.320. The molecule has 3 heterocycles. The number of pyridine rings is 2. The van der Waals surface area contributed by atoms with Crippen molar-refractivity contribution in [1.29, 1.82) is 0 Å². The van der Waals surface area contributed by atoms with Crippen molar-refractivity contribution in [1.82, 2.24) is 14.9 Å². The molecule has 172 valence electrons. The fourth-order valence-electron chi connectivity index (χ4n) is 3.93. The first-order chi connectivity index (χ1) is 15.9. The number of carbonyl (C=O) groups excluding carboxylic acids is 1. The number of hydrogen-bond donors (Lipinski definition) is 3. The van der Waals surface area contributed by atoms with Gasteiger partial charge in [-0.2, -0.15) is 0 Å². The second-order valence-corrected chi connectivity index (χ2v) is 8.66. The number of aromatic nitrogens is 2. The van der Waals surface area contributed by atoms with Crippen LogP contribution in [0.1, 0.15) is 35.7 Å². The van der Waals surface area contributed by atoms with E-state index in [-0.39, 0.29) is 0 Å². The summed E-state index contributed by atoms with van der Waals surface area (Å²) < 4.78 is 0. The third kappa shape index (κ3) is 5.40. The highest BCUT2D eigenvalue weighted by molar-refractivity contribution is 5.99. The average Bonchev–Trinajstić information content (AvgIpc) is 2.80. The summed E-state index contributed by atoms with van der Waals surface area (Å²) in [6, 6.07) is 13.8. The minimum Gasteiger partial charge on any atom is -0.368 e. The van der Waals surface area contributed by atoms with Gasteiger partial charge in [-0.3, -0.25) is 4.79 Å². The molecule has 1 amide bonds. The van der Waals surface area contributed by atoms with Crippen LogP contribution in [0.3, 0.4) is 0 Å². The number of hydrogen-bond acceptors (Lipinski definition) is 7. The second kappa shape index (κ2) is 9.87. The summed E-state index contributed by atoms with van der Waals surface area (Å²) in [5.74, 6) is 1.05. The summed E-state index contributed by atoms with van der Waals surface area (Å²) in [6.07, 6.45) is 3.37. The summed E-state index contributed by atoms with van der Waals surface area (Å²) in [5.41, 5.74) is 9.73. The highest BCUT2D eigenvalue weighted by atomic mass is 16.1. The van der Waals surface area contributed by atoms with Crippen molar-refractivity contribution >= 4 is 34.6 Å². The number of likely N-dealkylation sites (N-methyl/N-ethyl adjacent to an activating group) is 1. The first-order valence-electron chi connectivity index (χ1n) is 11.2. The minimum absolute atomic E-state index is 0.327. The van der Waals surface area contributed by atoms with Gasteiger partial charge in [-0.05, 0) is 36.7 Å². The Morgan fingerprint density at radius 1 is 0.939 bits per heavy atom. The van der Waals surface area contributed by atoms with E-state index in [1.54, 1.807) is 6.07 Å². The maximum Gasteiger partial charge on any atom is 0.252 e. The normalized spacial score (nSPS) is 14.4. The van der Waals surface area contributed by atoms with E-state index in [4.69, 9.17) is 5.73 Å². The predicted molar refractivity (Wildman–Crippen MR) is 134 cm³/mol. The van der Waals surface area contributed by atoms with E-state index in [1.807, 2.05) is 30.5 Å². The van der Waals surface area contributed by atoms with Gasteiger partial charge in [0, 0.05) is 44.1 Å². The largest absolute Gasteiger partial charge is 0.368 e. The van der Waals surface area contributed by atoms with Gasteiger partial charge < -0.3 is 26.2 Å². The van der Waals surface area contributed by atoms with Crippen LogP contribution in [0, 0.1) is 0 Å². The molecule has 0 unspecified atom stereocenters. The van der Waals surface area contributed by atoms with Crippen LogP contribution in [0.5, 0.6) is 0 Å². The Hall–Kier alpha value is -3.65. The zero-order chi connectivity index (χ0) is 23.4. The molecule has 2 aromatic heterocycles. The van der Waals surface area contributed by atoms with Gasteiger partial charge in [-0.1, -0.05) is 32.0 Å². The van der Waals surface area contributed by atoms with Crippen molar-refractivity contribution in [3.05, 3.63) is 66.0 Å². The number of para-hydroxylation sites is 1. The van der Waals surface area contributed by atoms with Crippen molar-refractivity contribution in [2.75, 3.05) is 48.8 Å². The fourth-order valence-corrected chi connectivity index (χ4v) is 3.93. The molecule has 0 atom stereocenters. The lowest BCUT2D eigenvalue weighted by molar-refractivity contribution is 0.100. The quantitative estimate of drug-likeness (QED) is 0.507. The highest BCUT2D eigenvalue weighted by Crippen LogP contribution is 2.30. The number of piperazine rings is 1. The molecule has 4 rings (SSSR count). The Morgan fingerprint density at radius 3 is 2.33 bits per heavy atom. The zero-order valence-electron chi connectivity index (χ0n) is 19.4. The molecule has 1 aromatic carbocycles. The van der Waals surface area contributed by atoms with Gasteiger partial charge in [0.15, 0.2) is 0 Å². The van der Waals surface area contributed by atoms with E-state index in [0.29, 0.717) is 28.8 Å². The van der Waals surface area contributed by atoms with E-state index >= 15 is 0 Å². The van der Waals surface area contributed by atoms with Gasteiger partial charge >= 0.3 is 0 Å². The Kier molecular flexibility index (Phi) is 6.74. The Balaban J connectivity index is 1.54. The van der Waals surface area contributed by atoms with Crippen LogP contribution in [0.15, 0.2) is 54.9 Å². The number of nitrogens with zero attached hydrogens (tertiary/aromatic N) is 4. The van der Waals surface area contributed by atoms with Crippen LogP contribution in [-0.2, 0) is 0 Å². The van der Waals surface area contributed by atoms with Gasteiger partial charge in [0.1, 0.15) is 11.6 Å². The Morgan fingerprint density at radius 2 is 1.67 bits per heavy atom. The number of amides is 1. The van der Waals surface area contributed by atoms with E-state index in [9.17, 15) is 4.79 Å². The van der Waals surface area contributed by atoms with Crippen molar-refractivity contribution in [2.45, 2.75) is 19.8 Å². The molecule has 8 nitrogen and oxygen atoms in total. The van der Waals surface area contributed by atoms with E-state index in [1.165, 1.54) is 6.20 Å². The van der Waals surface area contributed by atoms with Gasteiger partial charge in [0.05, 0.1) is 23.1 Å². The summed E-state index contributed by atoms with van der Waals surface area (Å²) in [7, 11) is 2.14. The van der Waals surface area contributed by atoms with Crippen LogP contribution < -0.4 is 21.3 Å². The first-order valence-corrected chi connectivity index (χ1v) is 11.2. The number of carbonyl (C=O) groups is 1. The van der Waals surface area contributed by atoms with Crippen LogP contribution in [0.2, 0.25) is 0 Å². The molecule has 0 saturated carbocycles. The number of benzene rings is 1. The number of primary amides is 1. The molecule has 4 N–H and O–H groups in total. The van der Waals surface area contributed by atoms with Gasteiger partial charge in [-0.25, -0.2) is 9.97 Å². The molecule has 3 aromatic rings. The van der Waals surface area contributed by atoms with Crippen molar-refractivity contribution in [3.63, 3.8) is 0 Å². The molecule has 1 aliphatic heterocycles. The highest BCUT2D eigenvalue weighted by Gasteiger charge is 2.16. The Bertz CT molecular complexity index is 1110. The third-order valence-electron chi connectivity index (χ3n) is 5.89. The lowest BCUT2D eigenvalue weighted by Crippen LogP contribution is -2.44. The van der Waals surface area contributed by atoms with Gasteiger partial charge in [-0.15, -0.1) is 0 Å². The smallest absolute Gasteiger partial charge is 0.252 e. The summed E-state index contributed by atoms with van der Waals surface area (Å²) in [6.45, 7) is 8.35. The molecule has 0 radical (unpaired) electrons. The van der Waals surface area contributed by atoms with Gasteiger partial charge in [0.2, 0.25) is 0 Å². The lowest BCUT2D eigenvalue weighted by atomic mass is 10.0. The molecule has 1 saturated heterocycles. The van der Waals surface area contributed by atoms with Gasteiger partial charge in [0.25, 0.3) is 5.91 Å². The summed E-state index contributed by atoms with van der Waals surface area (Å²) in [4.78, 5) is 25.6. The summed E-state index contributed by atoms with van der Waals surface area (Å²) in [5, 5.41) is 6.60. The van der Waals surface area contributed by atoms with Crippen molar-refractivity contribution < 1.29 is 4.79 Å². The van der Waals surface area contributed by atoms with E-state index in [2.05, 4.69) is 63.4 Å². The molecule has 0 spiro atoms. The average molecular weight is 446 g/mol. The van der Waals surface area contributed by atoms with Crippen LogP contribution in [-0.4, -0.2) is 54.0 Å². The standard InChI is InChI=1S/C25H31N7O/c1-17(2)19-6-4-5-7-21(19)29-22-14-24(28-16-20(22)25(26)33)30-23-9-8-18(15-27-23)32-12-10-31(3)11-13-32/h4-9,14-17H,10-13H2,1-3H3,(H2,26,33)(H2,27,28,29,30). The van der Waals surface area contributed by atoms with E-state index < -0.39 is 5.91 Å². The zero-order valence-corrected chi connectivity index (χ0v) is 19.4. The number of rotatable bonds is 7.